The summed E-state index contributed by atoms with van der Waals surface area (Å²) in [5, 5.41) is 3.16. The molecule has 80 valence electrons. The van der Waals surface area contributed by atoms with E-state index in [1.165, 1.54) is 31.4 Å². The third kappa shape index (κ3) is 1.44. The molecule has 1 aliphatic carbocycles. The van der Waals surface area contributed by atoms with E-state index >= 15 is 0 Å². The number of rotatable bonds is 1. The van der Waals surface area contributed by atoms with Gasteiger partial charge in [0.25, 0.3) is 5.56 Å². The lowest BCUT2D eigenvalue weighted by atomic mass is 10.0. The lowest BCUT2D eigenvalue weighted by molar-refractivity contribution is 0.621. The Balaban J connectivity index is 2.09. The number of nitrogens with zero attached hydrogens (tertiary/aromatic N) is 2. The zero-order valence-electron chi connectivity index (χ0n) is 8.70. The molecule has 1 aromatic heterocycles. The largest absolute Gasteiger partial charge is 0.354 e. The summed E-state index contributed by atoms with van der Waals surface area (Å²) in [5.74, 6) is 1.35. The summed E-state index contributed by atoms with van der Waals surface area (Å²) in [6.45, 7) is 1.85. The fourth-order valence-electron chi connectivity index (χ4n) is 2.73. The quantitative estimate of drug-likeness (QED) is 0.752. The summed E-state index contributed by atoms with van der Waals surface area (Å²) >= 11 is 0. The molecule has 0 atom stereocenters. The molecule has 1 N–H and O–H groups in total. The van der Waals surface area contributed by atoms with Gasteiger partial charge in [0.2, 0.25) is 5.95 Å². The zero-order valence-corrected chi connectivity index (χ0v) is 8.70. The third-order valence-electron chi connectivity index (χ3n) is 3.45. The monoisotopic (exact) mass is 205 g/mol. The van der Waals surface area contributed by atoms with Crippen molar-refractivity contribution in [2.75, 3.05) is 11.9 Å². The molecule has 1 fully saturated rings. The summed E-state index contributed by atoms with van der Waals surface area (Å²) in [4.78, 5) is 15.4. The van der Waals surface area contributed by atoms with Crippen LogP contribution in [0.4, 0.5) is 5.95 Å². The molecule has 0 saturated heterocycles. The second-order valence-corrected chi connectivity index (χ2v) is 4.40. The molecule has 4 nitrogen and oxygen atoms in total. The molecule has 0 aromatic carbocycles. The van der Waals surface area contributed by atoms with Gasteiger partial charge in [-0.1, -0.05) is 12.8 Å². The summed E-state index contributed by atoms with van der Waals surface area (Å²) < 4.78 is 2.18. The highest BCUT2D eigenvalue weighted by Crippen LogP contribution is 2.34. The van der Waals surface area contributed by atoms with Crippen LogP contribution in [0.2, 0.25) is 0 Å². The Morgan fingerprint density at radius 2 is 2.20 bits per heavy atom. The Kier molecular flexibility index (Phi) is 2.01. The molecule has 1 aromatic rings. The van der Waals surface area contributed by atoms with Crippen LogP contribution in [-0.4, -0.2) is 16.1 Å². The van der Waals surface area contributed by atoms with Gasteiger partial charge in [0, 0.05) is 24.8 Å². The van der Waals surface area contributed by atoms with Crippen LogP contribution in [0.1, 0.15) is 37.3 Å². The molecule has 3 rings (SSSR count). The molecule has 15 heavy (non-hydrogen) atoms. The Morgan fingerprint density at radius 1 is 1.40 bits per heavy atom. The van der Waals surface area contributed by atoms with Gasteiger partial charge in [-0.15, -0.1) is 0 Å². The van der Waals surface area contributed by atoms with E-state index in [-0.39, 0.29) is 5.56 Å². The lowest BCUT2D eigenvalue weighted by Crippen LogP contribution is -2.16. The SMILES string of the molecule is O=c1cc(C2CCCC2)n2c(n1)NCC2. The maximum absolute atomic E-state index is 11.4. The number of anilines is 1. The minimum atomic E-state index is -0.0995. The van der Waals surface area contributed by atoms with Crippen molar-refractivity contribution in [3.63, 3.8) is 0 Å². The number of hydrogen-bond donors (Lipinski definition) is 1. The molecule has 4 heteroatoms. The average Bonchev–Trinajstić information content (AvgIpc) is 2.86. The van der Waals surface area contributed by atoms with Crippen LogP contribution in [0.25, 0.3) is 0 Å². The fraction of sp³-hybridized carbons (Fsp3) is 0.636. The van der Waals surface area contributed by atoms with Crippen molar-refractivity contribution in [1.29, 1.82) is 0 Å². The molecule has 1 aliphatic heterocycles. The normalized spacial score (nSPS) is 20.3. The topological polar surface area (TPSA) is 46.9 Å². The van der Waals surface area contributed by atoms with Crippen LogP contribution in [0.5, 0.6) is 0 Å². The zero-order chi connectivity index (χ0) is 10.3. The first-order valence-electron chi connectivity index (χ1n) is 5.70. The molecular formula is C11H15N3O. The van der Waals surface area contributed by atoms with E-state index < -0.39 is 0 Å². The summed E-state index contributed by atoms with van der Waals surface area (Å²) in [6.07, 6.45) is 5.04. The molecule has 0 bridgehead atoms. The Morgan fingerprint density at radius 3 is 3.00 bits per heavy atom. The average molecular weight is 205 g/mol. The Hall–Kier alpha value is -1.32. The molecular weight excluding hydrogens is 190 g/mol. The van der Waals surface area contributed by atoms with E-state index in [2.05, 4.69) is 14.9 Å². The van der Waals surface area contributed by atoms with Gasteiger partial charge in [0.1, 0.15) is 0 Å². The maximum Gasteiger partial charge on any atom is 0.274 e. The van der Waals surface area contributed by atoms with Crippen molar-refractivity contribution in [2.45, 2.75) is 38.1 Å². The molecule has 1 saturated carbocycles. The smallest absolute Gasteiger partial charge is 0.274 e. The predicted molar refractivity (Wildman–Crippen MR) is 58.2 cm³/mol. The van der Waals surface area contributed by atoms with Crippen molar-refractivity contribution < 1.29 is 0 Å². The predicted octanol–water partition coefficient (Wildman–Crippen LogP) is 1.33. The van der Waals surface area contributed by atoms with Gasteiger partial charge in [0.05, 0.1) is 0 Å². The van der Waals surface area contributed by atoms with E-state index in [1.54, 1.807) is 6.07 Å². The van der Waals surface area contributed by atoms with Crippen molar-refractivity contribution >= 4 is 5.95 Å². The first kappa shape index (κ1) is 8.95. The van der Waals surface area contributed by atoms with Gasteiger partial charge in [0.15, 0.2) is 0 Å². The van der Waals surface area contributed by atoms with Crippen LogP contribution in [-0.2, 0) is 6.54 Å². The Bertz CT molecular complexity index is 432. The first-order valence-corrected chi connectivity index (χ1v) is 5.70. The van der Waals surface area contributed by atoms with Crippen molar-refractivity contribution in [2.24, 2.45) is 0 Å². The van der Waals surface area contributed by atoms with Crippen molar-refractivity contribution in [1.82, 2.24) is 9.55 Å². The van der Waals surface area contributed by atoms with Crippen molar-refractivity contribution in [3.05, 3.63) is 22.1 Å². The molecule has 2 aliphatic rings. The third-order valence-corrected chi connectivity index (χ3v) is 3.45. The molecule has 0 unspecified atom stereocenters. The second-order valence-electron chi connectivity index (χ2n) is 4.40. The maximum atomic E-state index is 11.4. The summed E-state index contributed by atoms with van der Waals surface area (Å²) in [7, 11) is 0. The van der Waals surface area contributed by atoms with Gasteiger partial charge in [-0.25, -0.2) is 0 Å². The molecule has 2 heterocycles. The van der Waals surface area contributed by atoms with Crippen molar-refractivity contribution in [3.8, 4) is 0 Å². The number of hydrogen-bond acceptors (Lipinski definition) is 3. The summed E-state index contributed by atoms with van der Waals surface area (Å²) in [6, 6.07) is 1.73. The van der Waals surface area contributed by atoms with E-state index in [1.807, 2.05) is 0 Å². The summed E-state index contributed by atoms with van der Waals surface area (Å²) in [5.41, 5.74) is 1.10. The van der Waals surface area contributed by atoms with Crippen LogP contribution >= 0.6 is 0 Å². The van der Waals surface area contributed by atoms with Crippen LogP contribution in [0.15, 0.2) is 10.9 Å². The first-order chi connectivity index (χ1) is 7.34. The fourth-order valence-corrected chi connectivity index (χ4v) is 2.73. The molecule has 0 amide bonds. The standard InChI is InChI=1S/C11H15N3O/c15-10-7-9(8-3-1-2-4-8)14-6-5-12-11(14)13-10/h7-8H,1-6H2,(H,12,13,15). The lowest BCUT2D eigenvalue weighted by Gasteiger charge is -2.15. The molecule has 0 spiro atoms. The number of nitrogens with one attached hydrogen (secondary N) is 1. The van der Waals surface area contributed by atoms with Gasteiger partial charge in [-0.3, -0.25) is 4.79 Å². The van der Waals surface area contributed by atoms with Gasteiger partial charge in [-0.2, -0.15) is 4.98 Å². The minimum Gasteiger partial charge on any atom is -0.354 e. The number of aromatic nitrogens is 2. The highest BCUT2D eigenvalue weighted by atomic mass is 16.1. The molecule has 0 radical (unpaired) electrons. The van der Waals surface area contributed by atoms with E-state index in [0.29, 0.717) is 5.92 Å². The van der Waals surface area contributed by atoms with E-state index in [9.17, 15) is 4.79 Å². The number of fused-ring (bicyclic) bond motifs is 1. The van der Waals surface area contributed by atoms with Crippen LogP contribution in [0, 0.1) is 0 Å². The highest BCUT2D eigenvalue weighted by molar-refractivity contribution is 5.33. The minimum absolute atomic E-state index is 0.0995. The van der Waals surface area contributed by atoms with Gasteiger partial charge >= 0.3 is 0 Å². The van der Waals surface area contributed by atoms with Gasteiger partial charge < -0.3 is 9.88 Å². The van der Waals surface area contributed by atoms with E-state index in [4.69, 9.17) is 0 Å². The van der Waals surface area contributed by atoms with Gasteiger partial charge in [-0.05, 0) is 18.8 Å². The van der Waals surface area contributed by atoms with E-state index in [0.717, 1.165) is 19.0 Å². The Labute approximate surface area is 88.3 Å². The second kappa shape index (κ2) is 3.36. The van der Waals surface area contributed by atoms with Crippen LogP contribution in [0.3, 0.4) is 0 Å². The highest BCUT2D eigenvalue weighted by Gasteiger charge is 2.23. The van der Waals surface area contributed by atoms with Crippen LogP contribution < -0.4 is 10.9 Å².